The molecule has 1 amide bonds. The lowest BCUT2D eigenvalue weighted by Crippen LogP contribution is -2.53. The average Bonchev–Trinajstić information content (AvgIpc) is 2.58. The molecule has 0 saturated carbocycles. The third-order valence-electron chi connectivity index (χ3n) is 3.16. The molecule has 0 saturated heterocycles. The van der Waals surface area contributed by atoms with Crippen molar-refractivity contribution in [3.8, 4) is 0 Å². The average molecular weight is 404 g/mol. The first-order valence-electron chi connectivity index (χ1n) is 7.02. The van der Waals surface area contributed by atoms with Crippen LogP contribution in [0.25, 0.3) is 0 Å². The number of alkyl halides is 3. The first-order chi connectivity index (χ1) is 11.8. The van der Waals surface area contributed by atoms with Crippen LogP contribution in [0.1, 0.15) is 16.1 Å². The number of nitrogens with zero attached hydrogens (tertiary/aromatic N) is 2. The van der Waals surface area contributed by atoms with Crippen LogP contribution in [-0.4, -0.2) is 25.8 Å². The van der Waals surface area contributed by atoms with Crippen LogP contribution < -0.4 is 10.6 Å². The molecular formula is C15H13Cl3N4O3. The zero-order valence-electron chi connectivity index (χ0n) is 12.7. The molecule has 0 unspecified atom stereocenters. The van der Waals surface area contributed by atoms with Crippen molar-refractivity contribution in [3.05, 3.63) is 70.0 Å². The van der Waals surface area contributed by atoms with E-state index in [1.54, 1.807) is 18.3 Å². The number of carbonyl (C=O) groups is 1. The lowest BCUT2D eigenvalue weighted by Gasteiger charge is -2.26. The number of nitro groups is 1. The first kappa shape index (κ1) is 19.4. The quantitative estimate of drug-likeness (QED) is 0.334. The van der Waals surface area contributed by atoms with E-state index in [1.807, 2.05) is 6.07 Å². The van der Waals surface area contributed by atoms with Gasteiger partial charge in [-0.1, -0.05) is 40.9 Å². The summed E-state index contributed by atoms with van der Waals surface area (Å²) in [6, 6.07) is 10.4. The number of halogens is 3. The van der Waals surface area contributed by atoms with Crippen LogP contribution in [0.4, 0.5) is 5.69 Å². The fourth-order valence-electron chi connectivity index (χ4n) is 1.91. The van der Waals surface area contributed by atoms with E-state index in [4.69, 9.17) is 34.8 Å². The Kier molecular flexibility index (Phi) is 6.55. The summed E-state index contributed by atoms with van der Waals surface area (Å²) in [7, 11) is 0. The molecule has 0 fully saturated rings. The maximum absolute atomic E-state index is 12.3. The summed E-state index contributed by atoms with van der Waals surface area (Å²) in [6.07, 6.45) is 0.624. The number of nitro benzene ring substituents is 1. The molecule has 0 bridgehead atoms. The second-order valence-electron chi connectivity index (χ2n) is 4.95. The molecule has 0 aliphatic heterocycles. The fraction of sp³-hybridized carbons (Fsp3) is 0.200. The molecule has 1 aromatic heterocycles. The molecule has 0 aliphatic carbocycles. The molecule has 7 nitrogen and oxygen atoms in total. The standard InChI is InChI=1S/C15H13Cl3N4O3/c16-15(17,18)14(20-9-11-3-1-2-8-19-11)21-13(23)10-4-6-12(7-5-10)22(24)25/h1-8,14,20H,9H2,(H,21,23)/t14-/m0/s1. The normalized spacial score (nSPS) is 12.4. The van der Waals surface area contributed by atoms with Crippen LogP contribution in [0, 0.1) is 10.1 Å². The van der Waals surface area contributed by atoms with E-state index < -0.39 is 20.8 Å². The summed E-state index contributed by atoms with van der Waals surface area (Å²) in [6.45, 7) is 0.264. The van der Waals surface area contributed by atoms with Crippen molar-refractivity contribution in [2.45, 2.75) is 16.5 Å². The van der Waals surface area contributed by atoms with Gasteiger partial charge in [0.2, 0.25) is 3.79 Å². The molecule has 132 valence electrons. The van der Waals surface area contributed by atoms with Gasteiger partial charge in [-0.3, -0.25) is 25.2 Å². The van der Waals surface area contributed by atoms with E-state index in [1.165, 1.54) is 24.3 Å². The molecule has 1 atom stereocenters. The third-order valence-corrected chi connectivity index (χ3v) is 3.81. The minimum atomic E-state index is -1.81. The number of nitrogens with one attached hydrogen (secondary N) is 2. The summed E-state index contributed by atoms with van der Waals surface area (Å²) in [5.74, 6) is -0.542. The van der Waals surface area contributed by atoms with Gasteiger partial charge in [-0.2, -0.15) is 0 Å². The Morgan fingerprint density at radius 1 is 1.20 bits per heavy atom. The van der Waals surface area contributed by atoms with E-state index in [2.05, 4.69) is 15.6 Å². The number of benzene rings is 1. The van der Waals surface area contributed by atoms with Crippen LogP contribution in [0.15, 0.2) is 48.7 Å². The number of carbonyl (C=O) groups excluding carboxylic acids is 1. The molecule has 10 heteroatoms. The summed E-state index contributed by atoms with van der Waals surface area (Å²) in [4.78, 5) is 26.5. The SMILES string of the molecule is O=C(N[C@H](NCc1ccccn1)C(Cl)(Cl)Cl)c1ccc([N+](=O)[O-])cc1. The highest BCUT2D eigenvalue weighted by molar-refractivity contribution is 6.68. The predicted octanol–water partition coefficient (Wildman–Crippen LogP) is 3.21. The largest absolute Gasteiger partial charge is 0.333 e. The Morgan fingerprint density at radius 2 is 1.88 bits per heavy atom. The minimum absolute atomic E-state index is 0.122. The van der Waals surface area contributed by atoms with E-state index >= 15 is 0 Å². The Labute approximate surface area is 158 Å². The molecule has 2 rings (SSSR count). The van der Waals surface area contributed by atoms with Gasteiger partial charge in [0, 0.05) is 30.4 Å². The lowest BCUT2D eigenvalue weighted by atomic mass is 10.2. The monoisotopic (exact) mass is 402 g/mol. The molecule has 0 aliphatic rings. The topological polar surface area (TPSA) is 97.2 Å². The van der Waals surface area contributed by atoms with Gasteiger partial charge in [0.25, 0.3) is 11.6 Å². The fourth-order valence-corrected chi connectivity index (χ4v) is 2.30. The van der Waals surface area contributed by atoms with Crippen LogP contribution >= 0.6 is 34.8 Å². The van der Waals surface area contributed by atoms with Gasteiger partial charge >= 0.3 is 0 Å². The van der Waals surface area contributed by atoms with Gasteiger partial charge in [0.1, 0.15) is 6.17 Å². The maximum atomic E-state index is 12.3. The highest BCUT2D eigenvalue weighted by Crippen LogP contribution is 2.29. The first-order valence-corrected chi connectivity index (χ1v) is 8.16. The Morgan fingerprint density at radius 3 is 2.40 bits per heavy atom. The maximum Gasteiger partial charge on any atom is 0.269 e. The number of hydrogen-bond acceptors (Lipinski definition) is 5. The van der Waals surface area contributed by atoms with Crippen LogP contribution in [0.2, 0.25) is 0 Å². The second-order valence-corrected chi connectivity index (χ2v) is 7.32. The van der Waals surface area contributed by atoms with Crippen LogP contribution in [0.5, 0.6) is 0 Å². The number of non-ortho nitro benzene ring substituents is 1. The Bertz CT molecular complexity index is 736. The molecule has 2 N–H and O–H groups in total. The van der Waals surface area contributed by atoms with E-state index in [9.17, 15) is 14.9 Å². The molecule has 1 heterocycles. The molecule has 1 aromatic carbocycles. The Hall–Kier alpha value is -1.93. The van der Waals surface area contributed by atoms with Crippen molar-refractivity contribution >= 4 is 46.4 Å². The van der Waals surface area contributed by atoms with Crippen molar-refractivity contribution in [1.29, 1.82) is 0 Å². The zero-order valence-corrected chi connectivity index (χ0v) is 14.9. The van der Waals surface area contributed by atoms with Gasteiger partial charge in [0.15, 0.2) is 0 Å². The molecule has 2 aromatic rings. The number of amides is 1. The van der Waals surface area contributed by atoms with Crippen molar-refractivity contribution in [2.24, 2.45) is 0 Å². The highest BCUT2D eigenvalue weighted by atomic mass is 35.6. The summed E-state index contributed by atoms with van der Waals surface area (Å²) < 4.78 is -1.81. The van der Waals surface area contributed by atoms with Crippen LogP contribution in [-0.2, 0) is 6.54 Å². The molecule has 0 spiro atoms. The molecule has 25 heavy (non-hydrogen) atoms. The van der Waals surface area contributed by atoms with Gasteiger partial charge in [-0.05, 0) is 24.3 Å². The summed E-state index contributed by atoms with van der Waals surface area (Å²) in [5.41, 5.74) is 0.776. The van der Waals surface area contributed by atoms with Crippen molar-refractivity contribution < 1.29 is 9.72 Å². The van der Waals surface area contributed by atoms with Crippen molar-refractivity contribution in [2.75, 3.05) is 0 Å². The summed E-state index contributed by atoms with van der Waals surface area (Å²) >= 11 is 17.7. The number of aromatic nitrogens is 1. The van der Waals surface area contributed by atoms with E-state index in [0.717, 1.165) is 0 Å². The number of hydrogen-bond donors (Lipinski definition) is 2. The second kappa shape index (κ2) is 8.44. The van der Waals surface area contributed by atoms with Crippen molar-refractivity contribution in [1.82, 2.24) is 15.6 Å². The van der Waals surface area contributed by atoms with Crippen molar-refractivity contribution in [3.63, 3.8) is 0 Å². The van der Waals surface area contributed by atoms with Gasteiger partial charge in [-0.15, -0.1) is 0 Å². The van der Waals surface area contributed by atoms with Gasteiger partial charge in [-0.25, -0.2) is 0 Å². The smallest absolute Gasteiger partial charge is 0.269 e. The highest BCUT2D eigenvalue weighted by Gasteiger charge is 2.34. The molecule has 0 radical (unpaired) electrons. The minimum Gasteiger partial charge on any atom is -0.333 e. The lowest BCUT2D eigenvalue weighted by molar-refractivity contribution is -0.384. The Balaban J connectivity index is 2.05. The van der Waals surface area contributed by atoms with Gasteiger partial charge < -0.3 is 5.32 Å². The van der Waals surface area contributed by atoms with E-state index in [0.29, 0.717) is 5.69 Å². The van der Waals surface area contributed by atoms with E-state index in [-0.39, 0.29) is 17.8 Å². The summed E-state index contributed by atoms with van der Waals surface area (Å²) in [5, 5.41) is 16.1. The number of pyridine rings is 1. The third kappa shape index (κ3) is 5.82. The molecular weight excluding hydrogens is 391 g/mol. The number of rotatable bonds is 6. The van der Waals surface area contributed by atoms with Gasteiger partial charge in [0.05, 0.1) is 10.6 Å². The predicted molar refractivity (Wildman–Crippen MR) is 95.7 cm³/mol. The van der Waals surface area contributed by atoms with Crippen LogP contribution in [0.3, 0.4) is 0 Å². The zero-order chi connectivity index (χ0) is 18.4.